The molecule has 0 atom stereocenters. The number of amides is 1. The molecule has 0 fully saturated rings. The van der Waals surface area contributed by atoms with E-state index in [1.54, 1.807) is 25.1 Å². The van der Waals surface area contributed by atoms with Gasteiger partial charge in [-0.2, -0.15) is 0 Å². The lowest BCUT2D eigenvalue weighted by Gasteiger charge is -2.05. The van der Waals surface area contributed by atoms with Crippen molar-refractivity contribution >= 4 is 11.6 Å². The van der Waals surface area contributed by atoms with Crippen LogP contribution in [0.2, 0.25) is 0 Å². The highest BCUT2D eigenvalue weighted by molar-refractivity contribution is 5.96. The molecule has 15 heavy (non-hydrogen) atoms. The van der Waals surface area contributed by atoms with Gasteiger partial charge in [0.05, 0.1) is 6.54 Å². The van der Waals surface area contributed by atoms with Crippen molar-refractivity contribution in [3.8, 4) is 11.8 Å². The monoisotopic (exact) mass is 202 g/mol. The van der Waals surface area contributed by atoms with Gasteiger partial charge < -0.3 is 11.1 Å². The fraction of sp³-hybridized carbons (Fsp3) is 0.250. The van der Waals surface area contributed by atoms with Gasteiger partial charge in [0.25, 0.3) is 5.91 Å². The normalized spacial score (nSPS) is 8.93. The molecule has 0 aliphatic carbocycles. The summed E-state index contributed by atoms with van der Waals surface area (Å²) in [7, 11) is 0. The highest BCUT2D eigenvalue weighted by Gasteiger charge is 2.07. The van der Waals surface area contributed by atoms with E-state index in [0.29, 0.717) is 17.8 Å². The van der Waals surface area contributed by atoms with Gasteiger partial charge in [0.15, 0.2) is 0 Å². The summed E-state index contributed by atoms with van der Waals surface area (Å²) in [6, 6.07) is 5.22. The summed E-state index contributed by atoms with van der Waals surface area (Å²) in [6.45, 7) is 3.97. The molecule has 1 aromatic carbocycles. The maximum absolute atomic E-state index is 11.6. The Labute approximate surface area is 89.7 Å². The molecule has 0 spiro atoms. The van der Waals surface area contributed by atoms with Crippen LogP contribution in [0.4, 0.5) is 5.69 Å². The molecule has 78 valence electrons. The second-order valence-electron chi connectivity index (χ2n) is 3.18. The molecule has 3 N–H and O–H groups in total. The van der Waals surface area contributed by atoms with Crippen molar-refractivity contribution in [2.24, 2.45) is 0 Å². The first-order valence-electron chi connectivity index (χ1n) is 4.69. The van der Waals surface area contributed by atoms with Crippen LogP contribution in [-0.4, -0.2) is 12.5 Å². The summed E-state index contributed by atoms with van der Waals surface area (Å²) < 4.78 is 0. The van der Waals surface area contributed by atoms with Crippen LogP contribution >= 0.6 is 0 Å². The van der Waals surface area contributed by atoms with Crippen molar-refractivity contribution in [2.45, 2.75) is 13.8 Å². The van der Waals surface area contributed by atoms with E-state index in [0.717, 1.165) is 5.56 Å². The molecule has 0 saturated carbocycles. The van der Waals surface area contributed by atoms with Crippen molar-refractivity contribution in [1.29, 1.82) is 0 Å². The molecule has 0 aliphatic rings. The van der Waals surface area contributed by atoms with Crippen LogP contribution in [0.1, 0.15) is 22.8 Å². The van der Waals surface area contributed by atoms with E-state index in [1.807, 2.05) is 6.92 Å². The zero-order valence-corrected chi connectivity index (χ0v) is 8.92. The molecule has 0 aromatic heterocycles. The van der Waals surface area contributed by atoms with Crippen LogP contribution in [0.3, 0.4) is 0 Å². The van der Waals surface area contributed by atoms with Crippen LogP contribution in [-0.2, 0) is 0 Å². The van der Waals surface area contributed by atoms with Gasteiger partial charge in [-0.1, -0.05) is 5.92 Å². The van der Waals surface area contributed by atoms with Gasteiger partial charge in [-0.15, -0.1) is 5.92 Å². The van der Waals surface area contributed by atoms with Gasteiger partial charge >= 0.3 is 0 Å². The number of anilines is 1. The number of rotatable bonds is 2. The summed E-state index contributed by atoms with van der Waals surface area (Å²) in [6.07, 6.45) is 0. The van der Waals surface area contributed by atoms with Crippen molar-refractivity contribution < 1.29 is 4.79 Å². The predicted octanol–water partition coefficient (Wildman–Crippen LogP) is 1.33. The molecule has 0 radical (unpaired) electrons. The molecular weight excluding hydrogens is 188 g/mol. The molecule has 0 bridgehead atoms. The third-order valence-corrected chi connectivity index (χ3v) is 2.01. The van der Waals surface area contributed by atoms with Gasteiger partial charge in [-0.25, -0.2) is 0 Å². The maximum atomic E-state index is 11.6. The van der Waals surface area contributed by atoms with Crippen molar-refractivity contribution in [2.75, 3.05) is 12.3 Å². The minimum absolute atomic E-state index is 0.116. The Hall–Kier alpha value is -1.95. The second kappa shape index (κ2) is 5.06. The molecule has 3 nitrogen and oxygen atoms in total. The van der Waals surface area contributed by atoms with Gasteiger partial charge in [0.2, 0.25) is 0 Å². The standard InChI is InChI=1S/C12H14N2O/c1-3-4-7-14-12(15)11-6-5-10(13)8-9(11)2/h5-6,8H,7,13H2,1-2H3,(H,14,15). The maximum Gasteiger partial charge on any atom is 0.252 e. The molecule has 1 amide bonds. The summed E-state index contributed by atoms with van der Waals surface area (Å²) in [4.78, 5) is 11.6. The van der Waals surface area contributed by atoms with E-state index in [2.05, 4.69) is 17.2 Å². The van der Waals surface area contributed by atoms with Crippen LogP contribution < -0.4 is 11.1 Å². The molecular formula is C12H14N2O. The van der Waals surface area contributed by atoms with E-state index >= 15 is 0 Å². The lowest BCUT2D eigenvalue weighted by molar-refractivity contribution is 0.0958. The molecule has 0 heterocycles. The van der Waals surface area contributed by atoms with E-state index in [4.69, 9.17) is 5.73 Å². The fourth-order valence-corrected chi connectivity index (χ4v) is 1.25. The van der Waals surface area contributed by atoms with Gasteiger partial charge in [-0.05, 0) is 37.6 Å². The third kappa shape index (κ3) is 3.03. The Morgan fingerprint density at radius 2 is 2.27 bits per heavy atom. The Bertz CT molecular complexity index is 427. The molecule has 0 saturated heterocycles. The summed E-state index contributed by atoms with van der Waals surface area (Å²) >= 11 is 0. The summed E-state index contributed by atoms with van der Waals surface area (Å²) in [5.74, 6) is 5.37. The van der Waals surface area contributed by atoms with E-state index in [9.17, 15) is 4.79 Å². The predicted molar refractivity (Wildman–Crippen MR) is 61.4 cm³/mol. The van der Waals surface area contributed by atoms with Crippen LogP contribution in [0.5, 0.6) is 0 Å². The molecule has 1 aromatic rings. The largest absolute Gasteiger partial charge is 0.399 e. The number of hydrogen-bond acceptors (Lipinski definition) is 2. The highest BCUT2D eigenvalue weighted by atomic mass is 16.1. The number of benzene rings is 1. The van der Waals surface area contributed by atoms with Crippen molar-refractivity contribution in [3.63, 3.8) is 0 Å². The number of hydrogen-bond donors (Lipinski definition) is 2. The molecule has 3 heteroatoms. The number of nitrogens with two attached hydrogens (primary N) is 1. The molecule has 0 aliphatic heterocycles. The molecule has 0 unspecified atom stereocenters. The van der Waals surface area contributed by atoms with E-state index < -0.39 is 0 Å². The van der Waals surface area contributed by atoms with Gasteiger partial charge in [0.1, 0.15) is 0 Å². The number of nitrogens with one attached hydrogen (secondary N) is 1. The van der Waals surface area contributed by atoms with E-state index in [1.165, 1.54) is 0 Å². The van der Waals surface area contributed by atoms with Crippen molar-refractivity contribution in [3.05, 3.63) is 29.3 Å². The zero-order valence-electron chi connectivity index (χ0n) is 8.92. The first-order valence-corrected chi connectivity index (χ1v) is 4.69. The smallest absolute Gasteiger partial charge is 0.252 e. The average Bonchev–Trinajstić information content (AvgIpc) is 2.17. The minimum atomic E-state index is -0.116. The fourth-order valence-electron chi connectivity index (χ4n) is 1.25. The average molecular weight is 202 g/mol. The third-order valence-electron chi connectivity index (χ3n) is 2.01. The van der Waals surface area contributed by atoms with Crippen LogP contribution in [0.15, 0.2) is 18.2 Å². The highest BCUT2D eigenvalue weighted by Crippen LogP contribution is 2.11. The van der Waals surface area contributed by atoms with E-state index in [-0.39, 0.29) is 5.91 Å². The molecule has 1 rings (SSSR count). The first-order chi connectivity index (χ1) is 7.15. The van der Waals surface area contributed by atoms with Crippen LogP contribution in [0, 0.1) is 18.8 Å². The van der Waals surface area contributed by atoms with Gasteiger partial charge in [0, 0.05) is 11.3 Å². The number of aryl methyl sites for hydroxylation is 1. The topological polar surface area (TPSA) is 55.1 Å². The minimum Gasteiger partial charge on any atom is -0.399 e. The number of nitrogen functional groups attached to an aromatic ring is 1. The zero-order chi connectivity index (χ0) is 11.3. The quantitative estimate of drug-likeness (QED) is 0.561. The second-order valence-corrected chi connectivity index (χ2v) is 3.18. The SMILES string of the molecule is CC#CCNC(=O)c1ccc(N)cc1C. The summed E-state index contributed by atoms with van der Waals surface area (Å²) in [5, 5.41) is 2.71. The van der Waals surface area contributed by atoms with Crippen LogP contribution in [0.25, 0.3) is 0 Å². The Kier molecular flexibility index (Phi) is 3.75. The lowest BCUT2D eigenvalue weighted by atomic mass is 10.1. The lowest BCUT2D eigenvalue weighted by Crippen LogP contribution is -2.24. The Morgan fingerprint density at radius 3 is 2.87 bits per heavy atom. The first kappa shape index (κ1) is 11.1. The summed E-state index contributed by atoms with van der Waals surface area (Å²) in [5.41, 5.74) is 7.77. The Morgan fingerprint density at radius 1 is 1.53 bits per heavy atom. The Balaban J connectivity index is 2.76. The van der Waals surface area contributed by atoms with Crippen molar-refractivity contribution in [1.82, 2.24) is 5.32 Å². The number of carbonyl (C=O) groups is 1. The number of carbonyl (C=O) groups excluding carboxylic acids is 1. The van der Waals surface area contributed by atoms with Gasteiger partial charge in [-0.3, -0.25) is 4.79 Å².